The molecule has 48 valence electrons. The number of carbonyl (C=O) groups excluding carboxylic acids is 1. The molecule has 0 aliphatic heterocycles. The number of carbonyl (C=O) groups is 1. The lowest BCUT2D eigenvalue weighted by atomic mass is 10.5. The molecule has 0 fully saturated rings. The van der Waals surface area contributed by atoms with E-state index in [0.717, 1.165) is 11.5 Å². The number of hydrogen-bond donors (Lipinski definition) is 0. The van der Waals surface area contributed by atoms with Crippen molar-refractivity contribution in [3.05, 3.63) is 11.3 Å². The SMILES string of the molecule is O=C(CBr)c1ncns1. The highest BCUT2D eigenvalue weighted by Gasteiger charge is 2.05. The van der Waals surface area contributed by atoms with Crippen molar-refractivity contribution in [3.8, 4) is 0 Å². The fourth-order valence-corrected chi connectivity index (χ4v) is 1.27. The Balaban J connectivity index is 2.77. The van der Waals surface area contributed by atoms with Gasteiger partial charge in [-0.15, -0.1) is 0 Å². The van der Waals surface area contributed by atoms with Crippen LogP contribution in [0.15, 0.2) is 6.33 Å². The maximum atomic E-state index is 10.7. The molecule has 0 aromatic carbocycles. The first-order chi connectivity index (χ1) is 4.34. The minimum Gasteiger partial charge on any atom is -0.290 e. The molecule has 0 unspecified atom stereocenters. The molecule has 1 heterocycles. The van der Waals surface area contributed by atoms with Crippen molar-refractivity contribution in [2.24, 2.45) is 0 Å². The van der Waals surface area contributed by atoms with Gasteiger partial charge >= 0.3 is 0 Å². The van der Waals surface area contributed by atoms with Gasteiger partial charge in [-0.25, -0.2) is 4.98 Å². The van der Waals surface area contributed by atoms with Gasteiger partial charge in [0.2, 0.25) is 5.78 Å². The first-order valence-electron chi connectivity index (χ1n) is 2.20. The Morgan fingerprint density at radius 3 is 3.11 bits per heavy atom. The molecule has 0 radical (unpaired) electrons. The molecule has 0 atom stereocenters. The van der Waals surface area contributed by atoms with Crippen LogP contribution in [-0.4, -0.2) is 20.5 Å². The van der Waals surface area contributed by atoms with Crippen molar-refractivity contribution in [3.63, 3.8) is 0 Å². The third-order valence-corrected chi connectivity index (χ3v) is 1.94. The topological polar surface area (TPSA) is 42.9 Å². The fourth-order valence-electron chi connectivity index (χ4n) is 0.353. The van der Waals surface area contributed by atoms with Crippen LogP contribution < -0.4 is 0 Å². The van der Waals surface area contributed by atoms with E-state index in [0.29, 0.717) is 10.3 Å². The Hall–Kier alpha value is -0.290. The number of halogens is 1. The van der Waals surface area contributed by atoms with Crippen LogP contribution in [0.4, 0.5) is 0 Å². The molecule has 1 aromatic rings. The van der Waals surface area contributed by atoms with Crippen molar-refractivity contribution in [1.82, 2.24) is 9.36 Å². The molecule has 0 saturated carbocycles. The predicted molar refractivity (Wildman–Crippen MR) is 38.0 cm³/mol. The molecular formula is C4H3BrN2OS. The average Bonchev–Trinajstić information content (AvgIpc) is 2.37. The van der Waals surface area contributed by atoms with Crippen LogP contribution in [0.2, 0.25) is 0 Å². The second kappa shape index (κ2) is 3.03. The van der Waals surface area contributed by atoms with Crippen molar-refractivity contribution in [2.45, 2.75) is 0 Å². The molecule has 0 saturated heterocycles. The Bertz CT molecular complexity index is 198. The van der Waals surface area contributed by atoms with E-state index in [1.807, 2.05) is 0 Å². The van der Waals surface area contributed by atoms with Gasteiger partial charge in [0.25, 0.3) is 0 Å². The summed E-state index contributed by atoms with van der Waals surface area (Å²) in [5.74, 6) is -0.0162. The summed E-state index contributed by atoms with van der Waals surface area (Å²) >= 11 is 4.14. The normalized spacial score (nSPS) is 9.44. The molecule has 1 rings (SSSR count). The van der Waals surface area contributed by atoms with Crippen molar-refractivity contribution in [1.29, 1.82) is 0 Å². The van der Waals surface area contributed by atoms with Crippen LogP contribution in [0.25, 0.3) is 0 Å². The number of aromatic nitrogens is 2. The predicted octanol–water partition coefficient (Wildman–Crippen LogP) is 1.12. The van der Waals surface area contributed by atoms with E-state index in [2.05, 4.69) is 25.3 Å². The van der Waals surface area contributed by atoms with E-state index in [4.69, 9.17) is 0 Å². The summed E-state index contributed by atoms with van der Waals surface area (Å²) in [5.41, 5.74) is 0. The van der Waals surface area contributed by atoms with Gasteiger partial charge in [0.1, 0.15) is 6.33 Å². The minimum atomic E-state index is -0.0162. The van der Waals surface area contributed by atoms with Gasteiger partial charge in [-0.3, -0.25) is 4.79 Å². The van der Waals surface area contributed by atoms with Gasteiger partial charge in [-0.2, -0.15) is 4.37 Å². The largest absolute Gasteiger partial charge is 0.290 e. The number of hydrogen-bond acceptors (Lipinski definition) is 4. The number of rotatable bonds is 2. The second-order valence-electron chi connectivity index (χ2n) is 1.30. The maximum Gasteiger partial charge on any atom is 0.203 e. The molecule has 0 amide bonds. The third-order valence-electron chi connectivity index (χ3n) is 0.721. The van der Waals surface area contributed by atoms with E-state index in [1.54, 1.807) is 0 Å². The summed E-state index contributed by atoms with van der Waals surface area (Å²) in [7, 11) is 0. The van der Waals surface area contributed by atoms with Crippen LogP contribution in [0.3, 0.4) is 0 Å². The molecule has 0 N–H and O–H groups in total. The Kier molecular flexibility index (Phi) is 2.29. The number of nitrogens with zero attached hydrogens (tertiary/aromatic N) is 2. The van der Waals surface area contributed by atoms with Crippen LogP contribution >= 0.6 is 27.5 Å². The highest BCUT2D eigenvalue weighted by atomic mass is 79.9. The summed E-state index contributed by atoms with van der Waals surface area (Å²) in [6, 6.07) is 0. The van der Waals surface area contributed by atoms with Gasteiger partial charge in [0, 0.05) is 0 Å². The lowest BCUT2D eigenvalue weighted by Crippen LogP contribution is -1.97. The van der Waals surface area contributed by atoms with Crippen LogP contribution in [0, 0.1) is 0 Å². The minimum absolute atomic E-state index is 0.0162. The first kappa shape index (κ1) is 6.82. The van der Waals surface area contributed by atoms with Crippen LogP contribution in [0.1, 0.15) is 9.80 Å². The van der Waals surface area contributed by atoms with Gasteiger partial charge in [-0.05, 0) is 11.5 Å². The maximum absolute atomic E-state index is 10.7. The standard InChI is InChI=1S/C4H3BrN2OS/c5-1-3(8)4-6-2-7-9-4/h2H,1H2. The lowest BCUT2D eigenvalue weighted by molar-refractivity contribution is 0.102. The molecule has 0 aliphatic rings. The fraction of sp³-hybridized carbons (Fsp3) is 0.250. The molecule has 3 nitrogen and oxygen atoms in total. The highest BCUT2D eigenvalue weighted by Crippen LogP contribution is 2.01. The van der Waals surface area contributed by atoms with E-state index in [-0.39, 0.29) is 5.78 Å². The van der Waals surface area contributed by atoms with Gasteiger partial charge in [0.05, 0.1) is 5.33 Å². The van der Waals surface area contributed by atoms with Crippen molar-refractivity contribution >= 4 is 33.2 Å². The Morgan fingerprint density at radius 1 is 1.89 bits per heavy atom. The van der Waals surface area contributed by atoms with Gasteiger partial charge < -0.3 is 0 Å². The molecule has 1 aromatic heterocycles. The van der Waals surface area contributed by atoms with Crippen LogP contribution in [0.5, 0.6) is 0 Å². The Labute approximate surface area is 64.4 Å². The number of alkyl halides is 1. The summed E-state index contributed by atoms with van der Waals surface area (Å²) in [4.78, 5) is 14.5. The molecule has 0 bridgehead atoms. The monoisotopic (exact) mass is 206 g/mol. The smallest absolute Gasteiger partial charge is 0.203 e. The molecule has 9 heavy (non-hydrogen) atoms. The third kappa shape index (κ3) is 1.56. The molecular weight excluding hydrogens is 204 g/mol. The van der Waals surface area contributed by atoms with Gasteiger partial charge in [-0.1, -0.05) is 15.9 Å². The quantitative estimate of drug-likeness (QED) is 0.539. The molecule has 5 heteroatoms. The summed E-state index contributed by atoms with van der Waals surface area (Å²) in [5, 5.41) is 0.786. The zero-order valence-electron chi connectivity index (χ0n) is 4.37. The van der Waals surface area contributed by atoms with E-state index in [1.165, 1.54) is 6.33 Å². The zero-order valence-corrected chi connectivity index (χ0v) is 6.78. The average molecular weight is 207 g/mol. The molecule has 0 aliphatic carbocycles. The second-order valence-corrected chi connectivity index (χ2v) is 2.64. The van der Waals surface area contributed by atoms with E-state index < -0.39 is 0 Å². The van der Waals surface area contributed by atoms with Crippen molar-refractivity contribution < 1.29 is 4.79 Å². The van der Waals surface area contributed by atoms with Crippen LogP contribution in [-0.2, 0) is 0 Å². The van der Waals surface area contributed by atoms with E-state index >= 15 is 0 Å². The van der Waals surface area contributed by atoms with E-state index in [9.17, 15) is 4.79 Å². The number of Topliss-reactive ketones (excluding diaryl/α,β-unsaturated/α-hetero) is 1. The lowest BCUT2D eigenvalue weighted by Gasteiger charge is -1.82. The number of ketones is 1. The highest BCUT2D eigenvalue weighted by molar-refractivity contribution is 9.09. The first-order valence-corrected chi connectivity index (χ1v) is 4.10. The van der Waals surface area contributed by atoms with Gasteiger partial charge in [0.15, 0.2) is 5.01 Å². The van der Waals surface area contributed by atoms with Crippen molar-refractivity contribution in [2.75, 3.05) is 5.33 Å². The molecule has 0 spiro atoms. The summed E-state index contributed by atoms with van der Waals surface area (Å²) < 4.78 is 3.68. The summed E-state index contributed by atoms with van der Waals surface area (Å²) in [6.07, 6.45) is 1.38. The Morgan fingerprint density at radius 2 is 2.67 bits per heavy atom. The summed E-state index contributed by atoms with van der Waals surface area (Å²) in [6.45, 7) is 0. The zero-order chi connectivity index (χ0) is 6.69.